The van der Waals surface area contributed by atoms with Crippen LogP contribution in [-0.2, 0) is 17.8 Å². The molecular weight excluding hydrogens is 341 g/mol. The van der Waals surface area contributed by atoms with Crippen LogP contribution in [0.25, 0.3) is 0 Å². The van der Waals surface area contributed by atoms with Gasteiger partial charge in [-0.1, -0.05) is 18.2 Å². The molecule has 1 aromatic carbocycles. The molecule has 2 aliphatic rings. The van der Waals surface area contributed by atoms with E-state index < -0.39 is 6.04 Å². The molecule has 1 aromatic heterocycles. The van der Waals surface area contributed by atoms with Gasteiger partial charge in [0.05, 0.1) is 6.04 Å². The molecule has 0 amide bonds. The van der Waals surface area contributed by atoms with E-state index in [-0.39, 0.29) is 17.5 Å². The topological polar surface area (TPSA) is 29.5 Å². The van der Waals surface area contributed by atoms with Gasteiger partial charge >= 0.3 is 0 Å². The number of rotatable bonds is 5. The molecule has 0 bridgehead atoms. The largest absolute Gasteiger partial charge is 0.546 e. The lowest BCUT2D eigenvalue weighted by atomic mass is 9.95. The Bertz CT molecular complexity index is 774. The highest BCUT2D eigenvalue weighted by atomic mass is 32.1. The Kier molecular flexibility index (Phi) is 4.28. The summed E-state index contributed by atoms with van der Waals surface area (Å²) in [5.41, 5.74) is 1.74. The second-order valence-electron chi connectivity index (χ2n) is 6.54. The summed E-state index contributed by atoms with van der Waals surface area (Å²) < 4.78 is 19.9. The van der Waals surface area contributed by atoms with Crippen molar-refractivity contribution in [2.75, 3.05) is 6.54 Å². The van der Waals surface area contributed by atoms with Crippen molar-refractivity contribution < 1.29 is 13.6 Å². The van der Waals surface area contributed by atoms with E-state index in [0.29, 0.717) is 22.6 Å². The van der Waals surface area contributed by atoms with E-state index in [2.05, 4.69) is 11.0 Å². The molecule has 0 N–H and O–H groups in total. The minimum Gasteiger partial charge on any atom is -0.546 e. The Balaban J connectivity index is 1.67. The fourth-order valence-corrected chi connectivity index (χ4v) is 4.81. The number of fused-ring (bicyclic) bond motifs is 1. The molecule has 2 aromatic rings. The predicted molar refractivity (Wildman–Crippen MR) is 95.9 cm³/mol. The molecule has 1 aliphatic carbocycles. The third kappa shape index (κ3) is 2.94. The zero-order valence-corrected chi connectivity index (χ0v) is 16.4. The van der Waals surface area contributed by atoms with Gasteiger partial charge in [0.2, 0.25) is 10.5 Å². The first-order valence-corrected chi connectivity index (χ1v) is 9.98. The molecule has 1 fully saturated rings. The minimum atomic E-state index is -0.466. The summed E-state index contributed by atoms with van der Waals surface area (Å²) in [6, 6.07) is 8.33. The highest BCUT2D eigenvalue weighted by Crippen LogP contribution is 2.41. The van der Waals surface area contributed by atoms with Crippen LogP contribution in [-0.4, -0.2) is 27.7 Å². The Morgan fingerprint density at radius 1 is 1.38 bits per heavy atom. The summed E-state index contributed by atoms with van der Waals surface area (Å²) in [6.45, 7) is 1.47. The molecule has 3 nitrogen and oxygen atoms in total. The molecule has 0 radical (unpaired) electrons. The lowest BCUT2D eigenvalue weighted by Gasteiger charge is -2.34. The van der Waals surface area contributed by atoms with Gasteiger partial charge in [-0.05, 0) is 37.0 Å². The molecule has 24 heavy (non-hydrogen) atoms. The van der Waals surface area contributed by atoms with Crippen molar-refractivity contribution in [1.82, 2.24) is 4.90 Å². The first kappa shape index (κ1) is 16.0. The van der Waals surface area contributed by atoms with Crippen molar-refractivity contribution >= 4 is 27.6 Å². The van der Waals surface area contributed by atoms with Crippen LogP contribution in [0, 0.1) is 11.7 Å². The smallest absolute Gasteiger partial charge is 0.205 e. The van der Waals surface area contributed by atoms with Crippen LogP contribution in [0.15, 0.2) is 30.3 Å². The fraction of sp³-hybridized carbons (Fsp3) is 0.389. The summed E-state index contributed by atoms with van der Waals surface area (Å²) in [6.07, 6.45) is 2.79. The van der Waals surface area contributed by atoms with Crippen LogP contribution in [0.1, 0.15) is 34.9 Å². The highest BCUT2D eigenvalue weighted by Gasteiger charge is 2.40. The van der Waals surface area contributed by atoms with Crippen molar-refractivity contribution in [3.05, 3.63) is 52.2 Å². The van der Waals surface area contributed by atoms with Crippen molar-refractivity contribution in [3.8, 4) is 5.06 Å². The minimum absolute atomic E-state index is 0.110. The first-order valence-electron chi connectivity index (χ1n) is 8.35. The van der Waals surface area contributed by atoms with E-state index in [4.69, 9.17) is 4.43 Å². The SMILES string of the molecule is O=C(C1CC1)C(c1ccccc1F)N1CCc2sc(O[SiH3])cc2C1. The monoisotopic (exact) mass is 361 g/mol. The lowest BCUT2D eigenvalue weighted by molar-refractivity contribution is -0.126. The molecule has 6 heteroatoms. The first-order chi connectivity index (χ1) is 11.7. The number of thiophene rings is 1. The molecule has 126 valence electrons. The van der Waals surface area contributed by atoms with E-state index >= 15 is 0 Å². The van der Waals surface area contributed by atoms with Crippen LogP contribution in [0.5, 0.6) is 5.06 Å². The van der Waals surface area contributed by atoms with Crippen LogP contribution >= 0.6 is 11.3 Å². The molecule has 1 atom stereocenters. The number of hydrogen-bond donors (Lipinski definition) is 0. The van der Waals surface area contributed by atoms with Crippen molar-refractivity contribution in [2.45, 2.75) is 31.8 Å². The van der Waals surface area contributed by atoms with Crippen LogP contribution in [0.4, 0.5) is 4.39 Å². The number of halogens is 1. The fourth-order valence-electron chi connectivity index (χ4n) is 3.47. The van der Waals surface area contributed by atoms with Gasteiger partial charge in [0.25, 0.3) is 0 Å². The number of benzene rings is 1. The summed E-state index contributed by atoms with van der Waals surface area (Å²) in [4.78, 5) is 16.4. The highest BCUT2D eigenvalue weighted by molar-refractivity contribution is 7.14. The Morgan fingerprint density at radius 2 is 2.17 bits per heavy atom. The second kappa shape index (κ2) is 6.42. The summed E-state index contributed by atoms with van der Waals surface area (Å²) in [5.74, 6) is 0.00774. The molecule has 2 heterocycles. The summed E-state index contributed by atoms with van der Waals surface area (Å²) in [7, 11) is 0.679. The molecule has 1 unspecified atom stereocenters. The quantitative estimate of drug-likeness (QED) is 0.767. The van der Waals surface area contributed by atoms with Gasteiger partial charge in [0.15, 0.2) is 10.8 Å². The molecule has 0 spiro atoms. The van der Waals surface area contributed by atoms with E-state index in [1.165, 1.54) is 16.5 Å². The lowest BCUT2D eigenvalue weighted by Crippen LogP contribution is -2.38. The van der Waals surface area contributed by atoms with E-state index in [9.17, 15) is 9.18 Å². The molecule has 0 saturated heterocycles. The third-order valence-corrected chi connectivity index (χ3v) is 6.82. The van der Waals surface area contributed by atoms with Gasteiger partial charge in [0, 0.05) is 29.4 Å². The zero-order chi connectivity index (χ0) is 16.7. The molecule has 1 aliphatic heterocycles. The molecular formula is C18H20FNO2SSi. The summed E-state index contributed by atoms with van der Waals surface area (Å²) >= 11 is 1.70. The van der Waals surface area contributed by atoms with Crippen molar-refractivity contribution in [1.29, 1.82) is 0 Å². The van der Waals surface area contributed by atoms with Gasteiger partial charge in [-0.15, -0.1) is 11.3 Å². The van der Waals surface area contributed by atoms with E-state index in [0.717, 1.165) is 30.9 Å². The average molecular weight is 362 g/mol. The van der Waals surface area contributed by atoms with Gasteiger partial charge < -0.3 is 4.43 Å². The van der Waals surface area contributed by atoms with Crippen molar-refractivity contribution in [2.24, 2.45) is 5.92 Å². The zero-order valence-electron chi connectivity index (χ0n) is 13.6. The van der Waals surface area contributed by atoms with E-state index in [1.807, 2.05) is 6.07 Å². The normalized spacial score (nSPS) is 19.0. The number of nitrogens with zero attached hydrogens (tertiary/aromatic N) is 1. The third-order valence-electron chi connectivity index (χ3n) is 4.89. The summed E-state index contributed by atoms with van der Waals surface area (Å²) in [5, 5.41) is 0.962. The Morgan fingerprint density at radius 3 is 2.88 bits per heavy atom. The van der Waals surface area contributed by atoms with Crippen LogP contribution in [0.3, 0.4) is 0 Å². The number of carbonyl (C=O) groups is 1. The van der Waals surface area contributed by atoms with Crippen LogP contribution in [0.2, 0.25) is 0 Å². The maximum atomic E-state index is 14.4. The number of carbonyl (C=O) groups excluding carboxylic acids is 1. The van der Waals surface area contributed by atoms with Gasteiger partial charge in [-0.25, -0.2) is 4.39 Å². The predicted octanol–water partition coefficient (Wildman–Crippen LogP) is 2.62. The molecule has 1 saturated carbocycles. The maximum absolute atomic E-state index is 14.4. The molecule has 4 rings (SSSR count). The van der Waals surface area contributed by atoms with Crippen LogP contribution < -0.4 is 4.43 Å². The number of hydrogen-bond acceptors (Lipinski definition) is 4. The van der Waals surface area contributed by atoms with Gasteiger partial charge in [0.1, 0.15) is 5.82 Å². The van der Waals surface area contributed by atoms with E-state index in [1.54, 1.807) is 23.5 Å². The van der Waals surface area contributed by atoms with Gasteiger partial charge in [-0.2, -0.15) is 0 Å². The Labute approximate surface area is 148 Å². The second-order valence-corrected chi connectivity index (χ2v) is 8.05. The van der Waals surface area contributed by atoms with Crippen molar-refractivity contribution in [3.63, 3.8) is 0 Å². The Hall–Kier alpha value is -1.50. The maximum Gasteiger partial charge on any atom is 0.205 e. The number of ketones is 1. The standard InChI is InChI=1S/C18H20FNO2SSi/c19-14-4-2-1-3-13(14)17(18(21)11-5-6-11)20-8-7-15-12(10-20)9-16(22-24)23-15/h1-4,9,11,17H,5-8,10H2,24H3. The number of Topliss-reactive ketones (excluding diaryl/α,β-unsaturated/α-hetero) is 1. The van der Waals surface area contributed by atoms with Gasteiger partial charge in [-0.3, -0.25) is 9.69 Å². The average Bonchev–Trinajstić information content (AvgIpc) is 3.36.